The van der Waals surface area contributed by atoms with Crippen molar-refractivity contribution in [3.05, 3.63) is 82.4 Å². The second kappa shape index (κ2) is 13.8. The Bertz CT molecular complexity index is 1360. The molecule has 2 fully saturated rings. The van der Waals surface area contributed by atoms with Crippen LogP contribution in [-0.2, 0) is 22.6 Å². The van der Waals surface area contributed by atoms with E-state index in [-0.39, 0.29) is 23.9 Å². The van der Waals surface area contributed by atoms with Gasteiger partial charge in [-0.3, -0.25) is 4.79 Å². The summed E-state index contributed by atoms with van der Waals surface area (Å²) in [4.78, 5) is 13.4. The lowest BCUT2D eigenvalue weighted by Gasteiger charge is -2.42. The SMILES string of the molecule is Cc1ccc(CC(=O)C[C@H](CCCOCc2ccccc2)c2nnn(C3CC(CC(C)(C)C(C)C)C3)c2C2CC2)c(F)c1. The van der Waals surface area contributed by atoms with Crippen LogP contribution < -0.4 is 0 Å². The summed E-state index contributed by atoms with van der Waals surface area (Å²) in [6.45, 7) is 12.5. The zero-order valence-corrected chi connectivity index (χ0v) is 26.8. The molecule has 43 heavy (non-hydrogen) atoms. The maximum Gasteiger partial charge on any atom is 0.138 e. The van der Waals surface area contributed by atoms with Gasteiger partial charge in [0.15, 0.2) is 0 Å². The topological polar surface area (TPSA) is 57.0 Å². The maximum atomic E-state index is 14.6. The van der Waals surface area contributed by atoms with Gasteiger partial charge >= 0.3 is 0 Å². The van der Waals surface area contributed by atoms with Crippen molar-refractivity contribution in [2.24, 2.45) is 17.3 Å². The van der Waals surface area contributed by atoms with E-state index in [4.69, 9.17) is 15.0 Å². The first-order valence-corrected chi connectivity index (χ1v) is 16.4. The number of aryl methyl sites for hydroxylation is 1. The molecule has 0 spiro atoms. The third-order valence-corrected chi connectivity index (χ3v) is 10.1. The van der Waals surface area contributed by atoms with E-state index in [0.29, 0.717) is 48.5 Å². The van der Waals surface area contributed by atoms with Crippen molar-refractivity contribution >= 4 is 5.78 Å². The van der Waals surface area contributed by atoms with Crippen LogP contribution in [0.3, 0.4) is 0 Å². The molecule has 2 aliphatic carbocycles. The average Bonchev–Trinajstić information content (AvgIpc) is 3.70. The average molecular weight is 588 g/mol. The Morgan fingerprint density at radius 1 is 1.12 bits per heavy atom. The van der Waals surface area contributed by atoms with Gasteiger partial charge in [0.25, 0.3) is 0 Å². The lowest BCUT2D eigenvalue weighted by Crippen LogP contribution is -2.33. The predicted octanol–water partition coefficient (Wildman–Crippen LogP) is 8.91. The van der Waals surface area contributed by atoms with Crippen LogP contribution in [0.4, 0.5) is 4.39 Å². The van der Waals surface area contributed by atoms with Crippen molar-refractivity contribution in [2.45, 2.75) is 117 Å². The summed E-state index contributed by atoms with van der Waals surface area (Å²) < 4.78 is 22.8. The van der Waals surface area contributed by atoms with Gasteiger partial charge in [0.1, 0.15) is 11.6 Å². The van der Waals surface area contributed by atoms with E-state index < -0.39 is 0 Å². The fourth-order valence-electron chi connectivity index (χ4n) is 6.56. The van der Waals surface area contributed by atoms with Gasteiger partial charge in [0, 0.05) is 31.3 Å². The molecular weight excluding hydrogens is 537 g/mol. The van der Waals surface area contributed by atoms with Crippen molar-refractivity contribution in [1.29, 1.82) is 0 Å². The molecule has 2 saturated carbocycles. The molecular formula is C37H50FN3O2. The summed E-state index contributed by atoms with van der Waals surface area (Å²) in [5, 5.41) is 9.54. The Balaban J connectivity index is 1.28. The Hall–Kier alpha value is -2.86. The first-order valence-electron chi connectivity index (χ1n) is 16.4. The number of benzene rings is 2. The number of ether oxygens (including phenoxy) is 1. The molecule has 0 aliphatic heterocycles. The second-order valence-corrected chi connectivity index (χ2v) is 14.3. The van der Waals surface area contributed by atoms with Crippen LogP contribution in [0.2, 0.25) is 0 Å². The zero-order valence-electron chi connectivity index (χ0n) is 26.8. The standard InChI is InChI=1S/C37H50FN3O2/c1-25(2)37(4,5)23-28-19-32(20-28)41-36(29-15-16-29)35(39-40-41)31(12-9-17-43-24-27-10-7-6-8-11-27)22-33(42)21-30-14-13-26(3)18-34(30)38/h6-8,10-11,13-14,18,25,28-29,31-32H,9,12,15-17,19-24H2,1-5H3/t28?,31-,32?/m0/s1. The molecule has 1 aromatic heterocycles. The summed E-state index contributed by atoms with van der Waals surface area (Å²) >= 11 is 0. The van der Waals surface area contributed by atoms with Crippen LogP contribution in [0, 0.1) is 30.0 Å². The second-order valence-electron chi connectivity index (χ2n) is 14.3. The highest BCUT2D eigenvalue weighted by atomic mass is 19.1. The molecule has 2 aliphatic rings. The van der Waals surface area contributed by atoms with Crippen molar-refractivity contribution < 1.29 is 13.9 Å². The quantitative estimate of drug-likeness (QED) is 0.157. The van der Waals surface area contributed by atoms with Gasteiger partial charge in [-0.05, 0) is 91.9 Å². The molecule has 5 rings (SSSR count). The Morgan fingerprint density at radius 2 is 1.86 bits per heavy atom. The van der Waals surface area contributed by atoms with Crippen LogP contribution in [-0.4, -0.2) is 27.4 Å². The first-order chi connectivity index (χ1) is 20.6. The summed E-state index contributed by atoms with van der Waals surface area (Å²) in [6, 6.07) is 15.7. The summed E-state index contributed by atoms with van der Waals surface area (Å²) in [5.41, 5.74) is 5.08. The van der Waals surface area contributed by atoms with Crippen LogP contribution in [0.25, 0.3) is 0 Å². The monoisotopic (exact) mass is 587 g/mol. The lowest BCUT2D eigenvalue weighted by atomic mass is 9.67. The maximum absolute atomic E-state index is 14.6. The van der Waals surface area contributed by atoms with E-state index in [1.54, 1.807) is 6.07 Å². The van der Waals surface area contributed by atoms with Crippen LogP contribution in [0.15, 0.2) is 48.5 Å². The first kappa shape index (κ1) is 31.6. The minimum Gasteiger partial charge on any atom is -0.377 e. The molecule has 1 heterocycles. The number of carbonyl (C=O) groups is 1. The molecule has 0 saturated heterocycles. The van der Waals surface area contributed by atoms with Gasteiger partial charge in [-0.2, -0.15) is 0 Å². The normalized spacial score (nSPS) is 19.4. The minimum absolute atomic E-state index is 0.0403. The van der Waals surface area contributed by atoms with Crippen molar-refractivity contribution in [3.8, 4) is 0 Å². The number of Topliss-reactive ketones (excluding diaryl/α,β-unsaturated/α-hetero) is 1. The number of carbonyl (C=O) groups excluding carboxylic acids is 1. The largest absolute Gasteiger partial charge is 0.377 e. The van der Waals surface area contributed by atoms with Crippen LogP contribution in [0.1, 0.15) is 125 Å². The minimum atomic E-state index is -0.302. The fourth-order valence-corrected chi connectivity index (χ4v) is 6.56. The number of halogens is 1. The van der Waals surface area contributed by atoms with Crippen molar-refractivity contribution in [2.75, 3.05) is 6.61 Å². The number of hydrogen-bond acceptors (Lipinski definition) is 4. The number of aromatic nitrogens is 3. The highest BCUT2D eigenvalue weighted by molar-refractivity contribution is 5.81. The third-order valence-electron chi connectivity index (χ3n) is 10.1. The zero-order chi connectivity index (χ0) is 30.6. The molecule has 5 nitrogen and oxygen atoms in total. The van der Waals surface area contributed by atoms with Gasteiger partial charge < -0.3 is 4.74 Å². The number of hydrogen-bond donors (Lipinski definition) is 0. The van der Waals surface area contributed by atoms with Gasteiger partial charge in [-0.1, -0.05) is 75.4 Å². The van der Waals surface area contributed by atoms with Gasteiger partial charge in [-0.15, -0.1) is 5.10 Å². The number of ketones is 1. The molecule has 0 bridgehead atoms. The molecule has 232 valence electrons. The Kier molecular flexibility index (Phi) is 10.2. The number of rotatable bonds is 16. The molecule has 2 aromatic carbocycles. The number of nitrogens with zero attached hydrogens (tertiary/aromatic N) is 3. The van der Waals surface area contributed by atoms with Crippen molar-refractivity contribution in [1.82, 2.24) is 15.0 Å². The van der Waals surface area contributed by atoms with E-state index >= 15 is 0 Å². The summed E-state index contributed by atoms with van der Waals surface area (Å²) in [6.07, 6.45) is 7.96. The fraction of sp³-hybridized carbons (Fsp3) is 0.595. The Labute approximate surface area is 257 Å². The highest BCUT2D eigenvalue weighted by Crippen LogP contribution is 2.50. The third kappa shape index (κ3) is 8.20. The van der Waals surface area contributed by atoms with E-state index in [0.717, 1.165) is 61.3 Å². The molecule has 3 aromatic rings. The Morgan fingerprint density at radius 3 is 2.53 bits per heavy atom. The molecule has 1 atom stereocenters. The molecule has 0 radical (unpaired) electrons. The molecule has 0 unspecified atom stereocenters. The van der Waals surface area contributed by atoms with Crippen LogP contribution >= 0.6 is 0 Å². The van der Waals surface area contributed by atoms with Gasteiger partial charge in [-0.25, -0.2) is 9.07 Å². The van der Waals surface area contributed by atoms with Gasteiger partial charge in [0.2, 0.25) is 0 Å². The van der Waals surface area contributed by atoms with Crippen molar-refractivity contribution in [3.63, 3.8) is 0 Å². The summed E-state index contributed by atoms with van der Waals surface area (Å²) in [7, 11) is 0. The van der Waals surface area contributed by atoms with E-state index in [1.807, 2.05) is 31.2 Å². The predicted molar refractivity (Wildman–Crippen MR) is 170 cm³/mol. The highest BCUT2D eigenvalue weighted by Gasteiger charge is 2.41. The van der Waals surface area contributed by atoms with E-state index in [1.165, 1.54) is 18.2 Å². The molecule has 0 N–H and O–H groups in total. The lowest BCUT2D eigenvalue weighted by molar-refractivity contribution is -0.118. The molecule has 6 heteroatoms. The van der Waals surface area contributed by atoms with Gasteiger partial charge in [0.05, 0.1) is 24.0 Å². The molecule has 0 amide bonds. The summed E-state index contributed by atoms with van der Waals surface area (Å²) in [5.74, 6) is 1.58. The van der Waals surface area contributed by atoms with E-state index in [2.05, 4.69) is 44.5 Å². The van der Waals surface area contributed by atoms with E-state index in [9.17, 15) is 9.18 Å². The van der Waals surface area contributed by atoms with Crippen LogP contribution in [0.5, 0.6) is 0 Å². The smallest absolute Gasteiger partial charge is 0.138 e.